The molecule has 0 spiro atoms. The third kappa shape index (κ3) is 9.56. The van der Waals surface area contributed by atoms with Crippen LogP contribution in [0.2, 0.25) is 0 Å². The van der Waals surface area contributed by atoms with Crippen molar-refractivity contribution in [3.8, 4) is 28.4 Å². The van der Waals surface area contributed by atoms with Crippen LogP contribution in [0.3, 0.4) is 0 Å². The van der Waals surface area contributed by atoms with E-state index in [-0.39, 0.29) is 41.5 Å². The Morgan fingerprint density at radius 1 is 0.794 bits per heavy atom. The number of aromatic nitrogens is 4. The number of halogens is 1. The maximum absolute atomic E-state index is 16.2. The van der Waals surface area contributed by atoms with Crippen LogP contribution in [0.15, 0.2) is 138 Å². The Labute approximate surface area is 395 Å². The number of aromatic hydroxyl groups is 1. The van der Waals surface area contributed by atoms with Crippen molar-refractivity contribution in [1.29, 1.82) is 0 Å². The zero-order valence-electron chi connectivity index (χ0n) is 38.7. The number of amides is 1. The van der Waals surface area contributed by atoms with Gasteiger partial charge in [-0.3, -0.25) is 4.79 Å². The van der Waals surface area contributed by atoms with Gasteiger partial charge in [0, 0.05) is 51.0 Å². The molecule has 352 valence electrons. The Kier molecular flexibility index (Phi) is 13.6. The second kappa shape index (κ2) is 20.1. The summed E-state index contributed by atoms with van der Waals surface area (Å²) in [5.41, 5.74) is 2.20. The number of unbranched alkanes of at least 4 members (excludes halogenated alkanes) is 1. The molecule has 2 aliphatic rings. The van der Waals surface area contributed by atoms with Gasteiger partial charge in [-0.25, -0.2) is 13.9 Å². The van der Waals surface area contributed by atoms with Gasteiger partial charge in [0.25, 0.3) is 5.56 Å². The van der Waals surface area contributed by atoms with Crippen LogP contribution in [-0.4, -0.2) is 100.0 Å². The Morgan fingerprint density at radius 3 is 2.04 bits per heavy atom. The van der Waals surface area contributed by atoms with E-state index in [1.807, 2.05) is 133 Å². The van der Waals surface area contributed by atoms with Gasteiger partial charge in [0.2, 0.25) is 0 Å². The molecule has 14 heteroatoms. The number of fused-ring (bicyclic) bond motifs is 1. The summed E-state index contributed by atoms with van der Waals surface area (Å²) in [6.45, 7) is 9.48. The number of benzene rings is 5. The zero-order valence-corrected chi connectivity index (χ0v) is 38.7. The quantitative estimate of drug-likeness (QED) is 0.0832. The SMILES string of the molecule is CC(C)(C)OC(=O)N1CCN(c2ccc(-c3nn(C(c4ccccc4)(c4ccccc4)c4ccccc4)c4cc(=O)n(-c5c(F)cccc5OCCCCOC5CCCOC5)nc34)cc2O)CC1. The van der Waals surface area contributed by atoms with Gasteiger partial charge in [-0.15, -0.1) is 0 Å². The Bertz CT molecular complexity index is 2790. The number of hydrogen-bond donors (Lipinski definition) is 1. The minimum Gasteiger partial charge on any atom is -0.506 e. The fourth-order valence-corrected chi connectivity index (χ4v) is 9.18. The first-order chi connectivity index (χ1) is 33.0. The van der Waals surface area contributed by atoms with E-state index in [0.29, 0.717) is 68.3 Å². The van der Waals surface area contributed by atoms with Gasteiger partial charge in [-0.2, -0.15) is 14.9 Å². The normalized spacial score (nSPS) is 15.7. The number of rotatable bonds is 14. The predicted molar refractivity (Wildman–Crippen MR) is 259 cm³/mol. The average Bonchev–Trinajstić information content (AvgIpc) is 3.71. The van der Waals surface area contributed by atoms with Gasteiger partial charge in [0.05, 0.1) is 30.5 Å². The number of ether oxygens (including phenoxy) is 4. The Morgan fingerprint density at radius 2 is 1.44 bits per heavy atom. The molecule has 0 saturated carbocycles. The molecule has 13 nitrogen and oxygen atoms in total. The lowest BCUT2D eigenvalue weighted by Crippen LogP contribution is -2.50. The van der Waals surface area contributed by atoms with E-state index >= 15 is 4.39 Å². The van der Waals surface area contributed by atoms with Crippen LogP contribution in [0, 0.1) is 5.82 Å². The van der Waals surface area contributed by atoms with Crippen LogP contribution in [0.5, 0.6) is 11.5 Å². The average molecular weight is 921 g/mol. The largest absolute Gasteiger partial charge is 0.506 e. The van der Waals surface area contributed by atoms with E-state index < -0.39 is 22.5 Å². The molecule has 68 heavy (non-hydrogen) atoms. The second-order valence-electron chi connectivity index (χ2n) is 18.2. The van der Waals surface area contributed by atoms with Crippen LogP contribution in [0.1, 0.15) is 63.1 Å². The Balaban J connectivity index is 1.15. The van der Waals surface area contributed by atoms with Crippen LogP contribution < -0.4 is 15.2 Å². The van der Waals surface area contributed by atoms with E-state index in [9.17, 15) is 14.7 Å². The molecular weight excluding hydrogens is 864 g/mol. The van der Waals surface area contributed by atoms with E-state index in [1.165, 1.54) is 12.1 Å². The summed E-state index contributed by atoms with van der Waals surface area (Å²) in [4.78, 5) is 31.2. The lowest BCUT2D eigenvalue weighted by atomic mass is 9.77. The topological polar surface area (TPSA) is 133 Å². The van der Waals surface area contributed by atoms with Crippen molar-refractivity contribution >= 4 is 22.8 Å². The molecule has 1 N–H and O–H groups in total. The van der Waals surface area contributed by atoms with Crippen molar-refractivity contribution in [1.82, 2.24) is 24.5 Å². The first-order valence-electron chi connectivity index (χ1n) is 23.4. The minimum atomic E-state index is -1.16. The molecule has 2 aliphatic heterocycles. The number of hydrogen-bond acceptors (Lipinski definition) is 10. The molecule has 7 aromatic rings. The fourth-order valence-electron chi connectivity index (χ4n) is 9.18. The van der Waals surface area contributed by atoms with Crippen molar-refractivity contribution < 1.29 is 33.2 Å². The number of carbonyl (C=O) groups excluding carboxylic acids is 1. The molecular formula is C54H57FN6O7. The molecule has 2 saturated heterocycles. The van der Waals surface area contributed by atoms with E-state index in [1.54, 1.807) is 23.1 Å². The number of anilines is 1. The summed E-state index contributed by atoms with van der Waals surface area (Å²) in [6, 6.07) is 41.1. The van der Waals surface area contributed by atoms with Gasteiger partial charge in [0.15, 0.2) is 5.82 Å². The molecule has 2 fully saturated rings. The highest BCUT2D eigenvalue weighted by Gasteiger charge is 2.42. The number of piperazine rings is 1. The third-order valence-electron chi connectivity index (χ3n) is 12.4. The van der Waals surface area contributed by atoms with Crippen molar-refractivity contribution in [2.75, 3.05) is 57.5 Å². The van der Waals surface area contributed by atoms with Crippen molar-refractivity contribution in [2.24, 2.45) is 0 Å². The summed E-state index contributed by atoms with van der Waals surface area (Å²) in [6.07, 6.45) is 3.05. The molecule has 4 heterocycles. The summed E-state index contributed by atoms with van der Waals surface area (Å²) in [5.74, 6) is -0.533. The molecule has 0 radical (unpaired) electrons. The Hall–Kier alpha value is -7.03. The second-order valence-corrected chi connectivity index (χ2v) is 18.2. The highest BCUT2D eigenvalue weighted by Crippen LogP contribution is 2.44. The number of para-hydroxylation sites is 1. The van der Waals surface area contributed by atoms with E-state index in [4.69, 9.17) is 29.1 Å². The van der Waals surface area contributed by atoms with Crippen LogP contribution in [0.25, 0.3) is 28.0 Å². The third-order valence-corrected chi connectivity index (χ3v) is 12.4. The predicted octanol–water partition coefficient (Wildman–Crippen LogP) is 9.35. The number of phenols is 1. The lowest BCUT2D eigenvalue weighted by molar-refractivity contribution is -0.0510. The van der Waals surface area contributed by atoms with Crippen LogP contribution >= 0.6 is 0 Å². The van der Waals surface area contributed by atoms with Gasteiger partial charge in [0.1, 0.15) is 39.5 Å². The number of nitrogens with zero attached hydrogens (tertiary/aromatic N) is 6. The van der Waals surface area contributed by atoms with Crippen molar-refractivity contribution in [3.05, 3.63) is 166 Å². The highest BCUT2D eigenvalue weighted by atomic mass is 19.1. The zero-order chi connectivity index (χ0) is 47.3. The molecule has 5 aromatic carbocycles. The first kappa shape index (κ1) is 46.1. The molecule has 1 atom stereocenters. The monoisotopic (exact) mass is 920 g/mol. The summed E-state index contributed by atoms with van der Waals surface area (Å²) >= 11 is 0. The van der Waals surface area contributed by atoms with Gasteiger partial charge in [-0.1, -0.05) is 103 Å². The molecule has 9 rings (SSSR count). The molecule has 1 unspecified atom stereocenters. The molecule has 0 bridgehead atoms. The smallest absolute Gasteiger partial charge is 0.410 e. The van der Waals surface area contributed by atoms with Crippen LogP contribution in [0.4, 0.5) is 14.9 Å². The van der Waals surface area contributed by atoms with Crippen molar-refractivity contribution in [2.45, 2.75) is 63.7 Å². The van der Waals surface area contributed by atoms with Gasteiger partial charge in [-0.05, 0) is 87.4 Å². The lowest BCUT2D eigenvalue weighted by Gasteiger charge is -2.37. The van der Waals surface area contributed by atoms with E-state index in [2.05, 4.69) is 0 Å². The number of carbonyl (C=O) groups is 1. The highest BCUT2D eigenvalue weighted by molar-refractivity contribution is 5.91. The van der Waals surface area contributed by atoms with Crippen LogP contribution in [-0.2, 0) is 19.7 Å². The first-order valence-corrected chi connectivity index (χ1v) is 23.4. The summed E-state index contributed by atoms with van der Waals surface area (Å²) in [7, 11) is 0. The van der Waals surface area contributed by atoms with Crippen molar-refractivity contribution in [3.63, 3.8) is 0 Å². The maximum Gasteiger partial charge on any atom is 0.410 e. The molecule has 0 aliphatic carbocycles. The number of phenolic OH excluding ortho intramolecular Hbond substituents is 1. The standard InChI is InChI=1S/C54H57FN6O7/c1-53(2,3)68-52(64)59-30-28-58(29-31-59)44-27-26-38(35-46(44)62)49-50-45(61(57-49)54(39-17-7-4-8-18-39,40-19-9-5-10-20-40)41-21-11-6-12-22-41)36-48(63)60(56-50)51-43(55)24-15-25-47(51)67-34-14-13-33-66-42-23-16-32-65-37-42/h4-12,15,17-22,24-27,35-36,42,62H,13-14,16,23,28-34,37H2,1-3H3. The van der Waals surface area contributed by atoms with E-state index in [0.717, 1.165) is 47.2 Å². The minimum absolute atomic E-state index is 0.00746. The van der Waals surface area contributed by atoms with Gasteiger partial charge < -0.3 is 33.9 Å². The maximum atomic E-state index is 16.2. The molecule has 1 amide bonds. The van der Waals surface area contributed by atoms with Gasteiger partial charge >= 0.3 is 6.09 Å². The summed E-state index contributed by atoms with van der Waals surface area (Å²) in [5, 5.41) is 22.2. The summed E-state index contributed by atoms with van der Waals surface area (Å²) < 4.78 is 42.5. The molecule has 2 aromatic heterocycles. The fraction of sp³-hybridized carbons (Fsp3) is 0.333.